The summed E-state index contributed by atoms with van der Waals surface area (Å²) >= 11 is 12.3. The maximum atomic E-state index is 13.1. The monoisotopic (exact) mass is 494 g/mol. The summed E-state index contributed by atoms with van der Waals surface area (Å²) in [6.45, 7) is 1.44. The maximum Gasteiger partial charge on any atom is 0.232 e. The van der Waals surface area contributed by atoms with Crippen molar-refractivity contribution in [3.05, 3.63) is 87.4 Å². The van der Waals surface area contributed by atoms with Gasteiger partial charge in [-0.15, -0.1) is 0 Å². The maximum absolute atomic E-state index is 13.1. The van der Waals surface area contributed by atoms with E-state index in [4.69, 9.17) is 28.9 Å². The summed E-state index contributed by atoms with van der Waals surface area (Å²) in [4.78, 5) is 0. The zero-order chi connectivity index (χ0) is 23.6. The van der Waals surface area contributed by atoms with E-state index >= 15 is 0 Å². The number of aliphatic hydroxyl groups is 1. The predicted octanol–water partition coefficient (Wildman–Crippen LogP) is 5.08. The quantitative estimate of drug-likeness (QED) is 0.397. The van der Waals surface area contributed by atoms with Crippen LogP contribution in [0.15, 0.2) is 60.7 Å². The number of aromatic hydroxyl groups is 1. The zero-order valence-electron chi connectivity index (χ0n) is 17.5. The van der Waals surface area contributed by atoms with E-state index in [0.29, 0.717) is 17.0 Å². The molecule has 3 rings (SSSR count). The van der Waals surface area contributed by atoms with Crippen LogP contribution in [0.2, 0.25) is 10.0 Å². The van der Waals surface area contributed by atoms with Gasteiger partial charge in [0.05, 0.1) is 34.1 Å². The summed E-state index contributed by atoms with van der Waals surface area (Å²) in [5.41, 5.74) is 7.61. The molecular formula is C23H24Cl2N2O4S. The van der Waals surface area contributed by atoms with Crippen molar-refractivity contribution in [3.8, 4) is 5.75 Å². The Bertz CT molecular complexity index is 1220. The van der Waals surface area contributed by atoms with Gasteiger partial charge in [0.15, 0.2) is 0 Å². The third-order valence-electron chi connectivity index (χ3n) is 5.13. The average Bonchev–Trinajstić information content (AvgIpc) is 2.71. The van der Waals surface area contributed by atoms with Gasteiger partial charge in [0.1, 0.15) is 5.75 Å². The Morgan fingerprint density at radius 2 is 1.69 bits per heavy atom. The molecule has 3 aromatic rings. The molecule has 0 aromatic heterocycles. The number of phenolic OH excluding ortho intramolecular Hbond substituents is 1. The Labute approximate surface area is 197 Å². The second-order valence-corrected chi connectivity index (χ2v) is 10.2. The number of phenols is 1. The van der Waals surface area contributed by atoms with E-state index in [2.05, 4.69) is 0 Å². The highest BCUT2D eigenvalue weighted by Gasteiger charge is 2.32. The van der Waals surface area contributed by atoms with Crippen molar-refractivity contribution in [1.29, 1.82) is 0 Å². The van der Waals surface area contributed by atoms with Crippen LogP contribution < -0.4 is 10.0 Å². The normalized spacial score (nSPS) is 13.5. The van der Waals surface area contributed by atoms with Gasteiger partial charge in [0.25, 0.3) is 0 Å². The molecule has 0 spiro atoms. The molecule has 0 fully saturated rings. The van der Waals surface area contributed by atoms with Crippen molar-refractivity contribution in [2.75, 3.05) is 16.3 Å². The molecule has 0 saturated carbocycles. The van der Waals surface area contributed by atoms with Crippen molar-refractivity contribution in [2.24, 2.45) is 0 Å². The summed E-state index contributed by atoms with van der Waals surface area (Å²) in [5.74, 6) is -0.399. The number of nitrogens with zero attached hydrogens (tertiary/aromatic N) is 1. The molecule has 32 heavy (non-hydrogen) atoms. The minimum absolute atomic E-state index is 0.00426. The molecule has 0 aliphatic rings. The molecule has 170 valence electrons. The lowest BCUT2D eigenvalue weighted by atomic mass is 9.97. The van der Waals surface area contributed by atoms with Gasteiger partial charge >= 0.3 is 0 Å². The van der Waals surface area contributed by atoms with Crippen LogP contribution in [0.4, 0.5) is 11.4 Å². The first-order chi connectivity index (χ1) is 15.0. The molecule has 0 radical (unpaired) electrons. The molecule has 9 heteroatoms. The first-order valence-corrected chi connectivity index (χ1v) is 12.4. The second-order valence-electron chi connectivity index (χ2n) is 7.55. The predicted molar refractivity (Wildman–Crippen MR) is 130 cm³/mol. The molecule has 3 aromatic carbocycles. The van der Waals surface area contributed by atoms with Crippen LogP contribution in [0.3, 0.4) is 0 Å². The van der Waals surface area contributed by atoms with Crippen LogP contribution in [0.1, 0.15) is 35.8 Å². The number of nitrogens with two attached hydrogens (primary N) is 1. The van der Waals surface area contributed by atoms with Crippen LogP contribution in [0.5, 0.6) is 5.75 Å². The van der Waals surface area contributed by atoms with Gasteiger partial charge in [-0.2, -0.15) is 0 Å². The first kappa shape index (κ1) is 24.2. The number of halogens is 2. The molecule has 2 unspecified atom stereocenters. The van der Waals surface area contributed by atoms with Gasteiger partial charge < -0.3 is 15.9 Å². The summed E-state index contributed by atoms with van der Waals surface area (Å²) in [6, 6.07) is 16.4. The number of hydrogen-bond acceptors (Lipinski definition) is 5. The lowest BCUT2D eigenvalue weighted by Crippen LogP contribution is -2.35. The van der Waals surface area contributed by atoms with Crippen LogP contribution in [0.25, 0.3) is 0 Å². The van der Waals surface area contributed by atoms with Gasteiger partial charge in [-0.1, -0.05) is 59.6 Å². The van der Waals surface area contributed by atoms with Gasteiger partial charge in [-0.3, -0.25) is 4.31 Å². The number of nitrogen functional groups attached to an aromatic ring is 1. The highest BCUT2D eigenvalue weighted by Crippen LogP contribution is 2.43. The SMILES string of the molecule is CC(O)c1c(N)ccc(N(C(Cc2ccccc2)c2ccc(Cl)c(Cl)c2)S(C)(=O)=O)c1O. The minimum Gasteiger partial charge on any atom is -0.505 e. The fourth-order valence-corrected chi connectivity index (χ4v) is 5.17. The molecule has 0 saturated heterocycles. The van der Waals surface area contributed by atoms with E-state index in [1.165, 1.54) is 19.1 Å². The fourth-order valence-electron chi connectivity index (χ4n) is 3.70. The number of aliphatic hydroxyl groups excluding tert-OH is 1. The lowest BCUT2D eigenvalue weighted by molar-refractivity contribution is 0.196. The van der Waals surface area contributed by atoms with E-state index in [-0.39, 0.29) is 22.0 Å². The molecule has 0 aliphatic carbocycles. The van der Waals surface area contributed by atoms with Crippen LogP contribution in [-0.2, 0) is 16.4 Å². The highest BCUT2D eigenvalue weighted by atomic mass is 35.5. The van der Waals surface area contributed by atoms with Crippen molar-refractivity contribution in [1.82, 2.24) is 0 Å². The first-order valence-electron chi connectivity index (χ1n) is 9.78. The smallest absolute Gasteiger partial charge is 0.232 e. The third kappa shape index (κ3) is 5.13. The highest BCUT2D eigenvalue weighted by molar-refractivity contribution is 7.92. The number of sulfonamides is 1. The van der Waals surface area contributed by atoms with Crippen LogP contribution >= 0.6 is 23.2 Å². The van der Waals surface area contributed by atoms with Crippen molar-refractivity contribution < 1.29 is 18.6 Å². The molecule has 6 nitrogen and oxygen atoms in total. The van der Waals surface area contributed by atoms with E-state index < -0.39 is 27.9 Å². The second kappa shape index (κ2) is 9.58. The largest absolute Gasteiger partial charge is 0.505 e. The number of anilines is 2. The Balaban J connectivity index is 2.27. The van der Waals surface area contributed by atoms with E-state index in [1.54, 1.807) is 18.2 Å². The Hall–Kier alpha value is -2.45. The Kier molecular flexibility index (Phi) is 7.25. The standard InChI is InChI=1S/C23H24Cl2N2O4S/c1-14(28)22-19(26)10-11-20(23(22)29)27(32(2,30)31)21(12-15-6-4-3-5-7-15)16-8-9-17(24)18(25)13-16/h3-11,13-14,21,28-29H,12,26H2,1-2H3. The molecule has 2 atom stereocenters. The molecular weight excluding hydrogens is 471 g/mol. The summed E-state index contributed by atoms with van der Waals surface area (Å²) in [7, 11) is -3.91. The number of rotatable bonds is 7. The van der Waals surface area contributed by atoms with Crippen LogP contribution in [-0.4, -0.2) is 24.9 Å². The number of hydrogen-bond donors (Lipinski definition) is 3. The van der Waals surface area contributed by atoms with Gasteiger partial charge in [-0.05, 0) is 48.7 Å². The van der Waals surface area contributed by atoms with Crippen molar-refractivity contribution in [2.45, 2.75) is 25.5 Å². The summed E-state index contributed by atoms with van der Waals surface area (Å²) in [5, 5.41) is 21.7. The minimum atomic E-state index is -3.91. The molecule has 0 bridgehead atoms. The lowest BCUT2D eigenvalue weighted by Gasteiger charge is -2.33. The van der Waals surface area contributed by atoms with Gasteiger partial charge in [0.2, 0.25) is 10.0 Å². The zero-order valence-corrected chi connectivity index (χ0v) is 19.9. The summed E-state index contributed by atoms with van der Waals surface area (Å²) in [6.07, 6.45) is 0.244. The topological polar surface area (TPSA) is 104 Å². The van der Waals surface area contributed by atoms with E-state index in [0.717, 1.165) is 16.1 Å². The van der Waals surface area contributed by atoms with E-state index in [9.17, 15) is 18.6 Å². The molecule has 4 N–H and O–H groups in total. The van der Waals surface area contributed by atoms with Gasteiger partial charge in [0, 0.05) is 11.3 Å². The average molecular weight is 495 g/mol. The third-order valence-corrected chi connectivity index (χ3v) is 7.03. The fraction of sp³-hybridized carbons (Fsp3) is 0.217. The Morgan fingerprint density at radius 3 is 2.25 bits per heavy atom. The van der Waals surface area contributed by atoms with Crippen LogP contribution in [0, 0.1) is 0 Å². The molecule has 0 aliphatic heterocycles. The van der Waals surface area contributed by atoms with Gasteiger partial charge in [-0.25, -0.2) is 8.42 Å². The van der Waals surface area contributed by atoms with Crippen molar-refractivity contribution in [3.63, 3.8) is 0 Å². The number of benzene rings is 3. The van der Waals surface area contributed by atoms with E-state index in [1.807, 2.05) is 30.3 Å². The van der Waals surface area contributed by atoms with Crippen molar-refractivity contribution >= 4 is 44.6 Å². The molecule has 0 amide bonds. The Morgan fingerprint density at radius 1 is 1.03 bits per heavy atom. The summed E-state index contributed by atoms with van der Waals surface area (Å²) < 4.78 is 27.3. The molecule has 0 heterocycles.